The minimum absolute atomic E-state index is 0.0155. The van der Waals surface area contributed by atoms with Crippen LogP contribution in [0, 0.1) is 0 Å². The molecular formula is C10H11N5O2. The first kappa shape index (κ1) is 11.1. The summed E-state index contributed by atoms with van der Waals surface area (Å²) < 4.78 is 1.52. The highest BCUT2D eigenvalue weighted by atomic mass is 16.4. The Morgan fingerprint density at radius 1 is 1.35 bits per heavy atom. The lowest BCUT2D eigenvalue weighted by molar-refractivity contribution is -0.136. The molecule has 1 aromatic carbocycles. The van der Waals surface area contributed by atoms with E-state index in [9.17, 15) is 4.79 Å². The largest absolute Gasteiger partial charge is 0.481 e. The summed E-state index contributed by atoms with van der Waals surface area (Å²) in [5.74, 6) is -0.436. The van der Waals surface area contributed by atoms with E-state index >= 15 is 0 Å². The van der Waals surface area contributed by atoms with Gasteiger partial charge >= 0.3 is 5.97 Å². The molecule has 0 atom stereocenters. The lowest BCUT2D eigenvalue weighted by Crippen LogP contribution is -2.11. The Hall–Kier alpha value is -2.44. The molecule has 0 aliphatic heterocycles. The molecule has 88 valence electrons. The topological polar surface area (TPSA) is 92.9 Å². The minimum atomic E-state index is -0.865. The van der Waals surface area contributed by atoms with Gasteiger partial charge in [-0.15, -0.1) is 0 Å². The van der Waals surface area contributed by atoms with Crippen LogP contribution in [0.25, 0.3) is 5.69 Å². The quantitative estimate of drug-likeness (QED) is 0.783. The Labute approximate surface area is 97.1 Å². The zero-order chi connectivity index (χ0) is 12.1. The fraction of sp³-hybridized carbons (Fsp3) is 0.200. The number of nitrogens with zero attached hydrogens (tertiary/aromatic N) is 4. The van der Waals surface area contributed by atoms with Crippen molar-refractivity contribution in [1.29, 1.82) is 0 Å². The van der Waals surface area contributed by atoms with Crippen LogP contribution in [-0.2, 0) is 4.79 Å². The van der Waals surface area contributed by atoms with Crippen LogP contribution in [0.2, 0.25) is 0 Å². The smallest absolute Gasteiger partial charge is 0.305 e. The molecule has 2 aromatic rings. The number of aliphatic carboxylic acids is 1. The maximum absolute atomic E-state index is 10.4. The van der Waals surface area contributed by atoms with Gasteiger partial charge in [0, 0.05) is 6.54 Å². The van der Waals surface area contributed by atoms with E-state index in [2.05, 4.69) is 20.8 Å². The van der Waals surface area contributed by atoms with Gasteiger partial charge in [-0.05, 0) is 22.6 Å². The van der Waals surface area contributed by atoms with E-state index in [1.807, 2.05) is 30.3 Å². The highest BCUT2D eigenvalue weighted by Gasteiger charge is 2.07. The summed E-state index contributed by atoms with van der Waals surface area (Å²) in [6.45, 7) is 0.280. The zero-order valence-corrected chi connectivity index (χ0v) is 8.95. The molecule has 17 heavy (non-hydrogen) atoms. The lowest BCUT2D eigenvalue weighted by Gasteiger charge is -2.05. The molecule has 0 unspecified atom stereocenters. The normalized spacial score (nSPS) is 10.1. The summed E-state index contributed by atoms with van der Waals surface area (Å²) in [6, 6.07) is 9.36. The van der Waals surface area contributed by atoms with E-state index in [4.69, 9.17) is 5.11 Å². The van der Waals surface area contributed by atoms with Crippen LogP contribution in [0.4, 0.5) is 5.95 Å². The maximum atomic E-state index is 10.4. The van der Waals surface area contributed by atoms with Crippen molar-refractivity contribution in [3.63, 3.8) is 0 Å². The third-order valence-corrected chi connectivity index (χ3v) is 2.09. The maximum Gasteiger partial charge on any atom is 0.305 e. The standard InChI is InChI=1S/C10H11N5O2/c16-9(17)6-7-11-10-12-13-14-15(10)8-4-2-1-3-5-8/h1-5H,6-7H2,(H,16,17)(H,11,12,14). The lowest BCUT2D eigenvalue weighted by atomic mass is 10.3. The molecule has 1 aromatic heterocycles. The summed E-state index contributed by atoms with van der Waals surface area (Å²) >= 11 is 0. The number of tetrazole rings is 1. The fourth-order valence-corrected chi connectivity index (χ4v) is 1.32. The molecule has 0 aliphatic carbocycles. The van der Waals surface area contributed by atoms with E-state index in [0.717, 1.165) is 5.69 Å². The molecule has 0 spiro atoms. The SMILES string of the molecule is O=C(O)CCNc1nnnn1-c1ccccc1. The monoisotopic (exact) mass is 233 g/mol. The van der Waals surface area contributed by atoms with Crippen LogP contribution in [-0.4, -0.2) is 37.8 Å². The van der Waals surface area contributed by atoms with E-state index in [1.165, 1.54) is 4.68 Å². The van der Waals surface area contributed by atoms with Gasteiger partial charge in [0.25, 0.3) is 0 Å². The Kier molecular flexibility index (Phi) is 3.29. The molecule has 0 saturated heterocycles. The number of carboxylic acid groups (broad SMARTS) is 1. The predicted octanol–water partition coefficient (Wildman–Crippen LogP) is 0.549. The van der Waals surface area contributed by atoms with Crippen LogP contribution in [0.3, 0.4) is 0 Å². The minimum Gasteiger partial charge on any atom is -0.481 e. The molecule has 0 fully saturated rings. The number of hydrogen-bond donors (Lipinski definition) is 2. The summed E-state index contributed by atoms with van der Waals surface area (Å²) in [7, 11) is 0. The molecule has 7 heteroatoms. The van der Waals surface area contributed by atoms with Gasteiger partial charge in [0.05, 0.1) is 12.1 Å². The first-order chi connectivity index (χ1) is 8.27. The molecule has 0 amide bonds. The van der Waals surface area contributed by atoms with Gasteiger partial charge in [-0.25, -0.2) is 0 Å². The molecule has 2 rings (SSSR count). The summed E-state index contributed by atoms with van der Waals surface area (Å²) in [5, 5.41) is 22.6. The zero-order valence-electron chi connectivity index (χ0n) is 8.95. The van der Waals surface area contributed by atoms with E-state index < -0.39 is 5.97 Å². The van der Waals surface area contributed by atoms with Gasteiger partial charge in [0.1, 0.15) is 0 Å². The van der Waals surface area contributed by atoms with Crippen LogP contribution < -0.4 is 5.32 Å². The number of nitrogens with one attached hydrogen (secondary N) is 1. The number of rotatable bonds is 5. The first-order valence-electron chi connectivity index (χ1n) is 5.07. The number of hydrogen-bond acceptors (Lipinski definition) is 5. The van der Waals surface area contributed by atoms with Crippen LogP contribution >= 0.6 is 0 Å². The molecule has 1 heterocycles. The molecule has 0 saturated carbocycles. The molecule has 0 bridgehead atoms. The van der Waals surface area contributed by atoms with Crippen molar-refractivity contribution in [3.05, 3.63) is 30.3 Å². The third kappa shape index (κ3) is 2.77. The second-order valence-electron chi connectivity index (χ2n) is 3.32. The molecule has 0 radical (unpaired) electrons. The average molecular weight is 233 g/mol. The molecule has 7 nitrogen and oxygen atoms in total. The van der Waals surface area contributed by atoms with Crippen molar-refractivity contribution in [2.75, 3.05) is 11.9 Å². The number of para-hydroxylation sites is 1. The third-order valence-electron chi connectivity index (χ3n) is 2.09. The highest BCUT2D eigenvalue weighted by molar-refractivity contribution is 5.67. The van der Waals surface area contributed by atoms with Crippen LogP contribution in [0.5, 0.6) is 0 Å². The summed E-state index contributed by atoms with van der Waals surface area (Å²) in [4.78, 5) is 10.4. The number of carboxylic acids is 1. The van der Waals surface area contributed by atoms with Crippen molar-refractivity contribution in [2.24, 2.45) is 0 Å². The first-order valence-corrected chi connectivity index (χ1v) is 5.07. The van der Waals surface area contributed by atoms with Gasteiger partial charge in [-0.2, -0.15) is 4.68 Å². The van der Waals surface area contributed by atoms with E-state index in [1.54, 1.807) is 0 Å². The number of carbonyl (C=O) groups is 1. The van der Waals surface area contributed by atoms with E-state index in [0.29, 0.717) is 5.95 Å². The van der Waals surface area contributed by atoms with Gasteiger partial charge in [0.2, 0.25) is 5.95 Å². The Morgan fingerprint density at radius 2 is 2.12 bits per heavy atom. The highest BCUT2D eigenvalue weighted by Crippen LogP contribution is 2.10. The van der Waals surface area contributed by atoms with E-state index in [-0.39, 0.29) is 13.0 Å². The molecule has 0 aliphatic rings. The number of benzene rings is 1. The Balaban J connectivity index is 2.10. The Morgan fingerprint density at radius 3 is 2.82 bits per heavy atom. The number of aromatic nitrogens is 4. The van der Waals surface area contributed by atoms with Gasteiger partial charge in [-0.1, -0.05) is 23.3 Å². The van der Waals surface area contributed by atoms with Crippen LogP contribution in [0.1, 0.15) is 6.42 Å². The second kappa shape index (κ2) is 5.06. The number of anilines is 1. The van der Waals surface area contributed by atoms with Gasteiger partial charge in [-0.3, -0.25) is 4.79 Å². The van der Waals surface area contributed by atoms with Gasteiger partial charge in [0.15, 0.2) is 0 Å². The molecular weight excluding hydrogens is 222 g/mol. The van der Waals surface area contributed by atoms with Crippen molar-refractivity contribution in [2.45, 2.75) is 6.42 Å². The van der Waals surface area contributed by atoms with Crippen LogP contribution in [0.15, 0.2) is 30.3 Å². The van der Waals surface area contributed by atoms with Crippen molar-refractivity contribution in [1.82, 2.24) is 20.2 Å². The average Bonchev–Trinajstić information content (AvgIpc) is 2.78. The van der Waals surface area contributed by atoms with Gasteiger partial charge < -0.3 is 10.4 Å². The molecule has 2 N–H and O–H groups in total. The van der Waals surface area contributed by atoms with Crippen molar-refractivity contribution < 1.29 is 9.90 Å². The second-order valence-corrected chi connectivity index (χ2v) is 3.32. The predicted molar refractivity (Wildman–Crippen MR) is 59.9 cm³/mol. The Bertz CT molecular complexity index is 496. The fourth-order valence-electron chi connectivity index (χ4n) is 1.32. The summed E-state index contributed by atoms with van der Waals surface area (Å²) in [6.07, 6.45) is 0.0155. The van der Waals surface area contributed by atoms with Crippen molar-refractivity contribution in [3.8, 4) is 5.69 Å². The van der Waals surface area contributed by atoms with Crippen molar-refractivity contribution >= 4 is 11.9 Å². The summed E-state index contributed by atoms with van der Waals surface area (Å²) in [5.41, 5.74) is 0.815.